The SMILES string of the molecule is COC(=O)c1ccc(COc2cc(F)ccc2C)cc1F. The zero-order valence-electron chi connectivity index (χ0n) is 11.7. The first-order chi connectivity index (χ1) is 10.0. The quantitative estimate of drug-likeness (QED) is 0.807. The Labute approximate surface area is 121 Å². The first-order valence-corrected chi connectivity index (χ1v) is 6.27. The van der Waals surface area contributed by atoms with Crippen LogP contribution in [0.5, 0.6) is 5.75 Å². The third-order valence-corrected chi connectivity index (χ3v) is 2.98. The molecule has 0 aromatic heterocycles. The van der Waals surface area contributed by atoms with Crippen LogP contribution in [-0.2, 0) is 11.3 Å². The molecular weight excluding hydrogens is 278 g/mol. The van der Waals surface area contributed by atoms with Gasteiger partial charge in [0.2, 0.25) is 0 Å². The van der Waals surface area contributed by atoms with E-state index in [1.807, 2.05) is 0 Å². The molecule has 2 aromatic carbocycles. The molecule has 2 rings (SSSR count). The smallest absolute Gasteiger partial charge is 0.340 e. The summed E-state index contributed by atoms with van der Waals surface area (Å²) in [6.45, 7) is 1.86. The van der Waals surface area contributed by atoms with E-state index in [9.17, 15) is 13.6 Å². The van der Waals surface area contributed by atoms with Crippen molar-refractivity contribution < 1.29 is 23.0 Å². The number of carbonyl (C=O) groups excluding carboxylic acids is 1. The number of halogens is 2. The summed E-state index contributed by atoms with van der Waals surface area (Å²) in [5.74, 6) is -1.42. The van der Waals surface area contributed by atoms with Gasteiger partial charge in [-0.15, -0.1) is 0 Å². The van der Waals surface area contributed by atoms with Crippen molar-refractivity contribution >= 4 is 5.97 Å². The normalized spacial score (nSPS) is 10.3. The van der Waals surface area contributed by atoms with Gasteiger partial charge in [-0.05, 0) is 36.2 Å². The molecule has 0 fully saturated rings. The van der Waals surface area contributed by atoms with Crippen molar-refractivity contribution in [3.63, 3.8) is 0 Å². The largest absolute Gasteiger partial charge is 0.489 e. The van der Waals surface area contributed by atoms with E-state index >= 15 is 0 Å². The van der Waals surface area contributed by atoms with Crippen LogP contribution in [0.1, 0.15) is 21.5 Å². The molecule has 0 saturated carbocycles. The maximum absolute atomic E-state index is 13.7. The fourth-order valence-corrected chi connectivity index (χ4v) is 1.81. The number of ether oxygens (including phenoxy) is 2. The maximum atomic E-state index is 13.7. The summed E-state index contributed by atoms with van der Waals surface area (Å²) in [6.07, 6.45) is 0. The Kier molecular flexibility index (Phi) is 4.52. The first-order valence-electron chi connectivity index (χ1n) is 6.27. The number of hydrogen-bond acceptors (Lipinski definition) is 3. The molecule has 0 aliphatic heterocycles. The lowest BCUT2D eigenvalue weighted by Gasteiger charge is -2.10. The van der Waals surface area contributed by atoms with Crippen LogP contribution < -0.4 is 4.74 Å². The predicted molar refractivity (Wildman–Crippen MR) is 73.2 cm³/mol. The van der Waals surface area contributed by atoms with E-state index in [4.69, 9.17) is 4.74 Å². The Morgan fingerprint density at radius 2 is 1.90 bits per heavy atom. The van der Waals surface area contributed by atoms with Gasteiger partial charge >= 0.3 is 5.97 Å². The Bertz CT molecular complexity index is 669. The molecule has 0 saturated heterocycles. The molecule has 0 N–H and O–H groups in total. The summed E-state index contributed by atoms with van der Waals surface area (Å²) in [7, 11) is 1.19. The third kappa shape index (κ3) is 3.56. The van der Waals surface area contributed by atoms with Crippen LogP contribution in [0.15, 0.2) is 36.4 Å². The lowest BCUT2D eigenvalue weighted by atomic mass is 10.1. The summed E-state index contributed by atoms with van der Waals surface area (Å²) in [4.78, 5) is 11.3. The van der Waals surface area contributed by atoms with Gasteiger partial charge in [0, 0.05) is 6.07 Å². The second-order valence-electron chi connectivity index (χ2n) is 4.50. The minimum Gasteiger partial charge on any atom is -0.489 e. The summed E-state index contributed by atoms with van der Waals surface area (Å²) in [5.41, 5.74) is 1.18. The molecule has 110 valence electrons. The molecule has 2 aromatic rings. The molecular formula is C16H14F2O3. The fraction of sp³-hybridized carbons (Fsp3) is 0.188. The Balaban J connectivity index is 2.12. The third-order valence-electron chi connectivity index (χ3n) is 2.98. The van der Waals surface area contributed by atoms with E-state index in [2.05, 4.69) is 4.74 Å². The van der Waals surface area contributed by atoms with Crippen molar-refractivity contribution in [1.82, 2.24) is 0 Å². The Morgan fingerprint density at radius 3 is 2.57 bits per heavy atom. The second-order valence-corrected chi connectivity index (χ2v) is 4.50. The van der Waals surface area contributed by atoms with Crippen molar-refractivity contribution in [1.29, 1.82) is 0 Å². The predicted octanol–water partition coefficient (Wildman–Crippen LogP) is 3.64. The lowest BCUT2D eigenvalue weighted by molar-refractivity contribution is 0.0595. The molecule has 21 heavy (non-hydrogen) atoms. The highest BCUT2D eigenvalue weighted by Crippen LogP contribution is 2.20. The Hall–Kier alpha value is -2.43. The van der Waals surface area contributed by atoms with Crippen LogP contribution in [0.2, 0.25) is 0 Å². The van der Waals surface area contributed by atoms with Crippen molar-refractivity contribution in [2.75, 3.05) is 7.11 Å². The molecule has 0 aliphatic rings. The molecule has 0 unspecified atom stereocenters. The van der Waals surface area contributed by atoms with Gasteiger partial charge in [-0.1, -0.05) is 12.1 Å². The Morgan fingerprint density at radius 1 is 1.14 bits per heavy atom. The molecule has 0 spiro atoms. The average Bonchev–Trinajstić information content (AvgIpc) is 2.47. The molecule has 3 nitrogen and oxygen atoms in total. The monoisotopic (exact) mass is 292 g/mol. The minimum atomic E-state index is -0.735. The summed E-state index contributed by atoms with van der Waals surface area (Å²) < 4.78 is 36.8. The average molecular weight is 292 g/mol. The van der Waals surface area contributed by atoms with Gasteiger partial charge in [0.25, 0.3) is 0 Å². The van der Waals surface area contributed by atoms with Crippen molar-refractivity contribution in [3.05, 3.63) is 64.7 Å². The molecule has 0 amide bonds. The topological polar surface area (TPSA) is 35.5 Å². The van der Waals surface area contributed by atoms with Gasteiger partial charge in [-0.3, -0.25) is 0 Å². The summed E-state index contributed by atoms with van der Waals surface area (Å²) in [5, 5.41) is 0. The molecule has 0 radical (unpaired) electrons. The van der Waals surface area contributed by atoms with Gasteiger partial charge in [0.15, 0.2) is 0 Å². The van der Waals surface area contributed by atoms with Gasteiger partial charge in [-0.2, -0.15) is 0 Å². The highest BCUT2D eigenvalue weighted by molar-refractivity contribution is 5.89. The van der Waals surface area contributed by atoms with E-state index in [1.165, 1.54) is 31.4 Å². The van der Waals surface area contributed by atoms with Crippen LogP contribution in [0.3, 0.4) is 0 Å². The summed E-state index contributed by atoms with van der Waals surface area (Å²) >= 11 is 0. The van der Waals surface area contributed by atoms with Crippen molar-refractivity contribution in [2.24, 2.45) is 0 Å². The standard InChI is InChI=1S/C16H14F2O3/c1-10-3-5-12(17)8-15(10)21-9-11-4-6-13(14(18)7-11)16(19)20-2/h3-8H,9H2,1-2H3. The molecule has 0 aliphatic carbocycles. The van der Waals surface area contributed by atoms with Gasteiger partial charge in [0.05, 0.1) is 12.7 Å². The number of hydrogen-bond donors (Lipinski definition) is 0. The number of benzene rings is 2. The highest BCUT2D eigenvalue weighted by atomic mass is 19.1. The van der Waals surface area contributed by atoms with Gasteiger partial charge in [0.1, 0.15) is 24.0 Å². The molecule has 5 heteroatoms. The zero-order valence-corrected chi connectivity index (χ0v) is 11.7. The van der Waals surface area contributed by atoms with E-state index in [0.29, 0.717) is 11.3 Å². The van der Waals surface area contributed by atoms with E-state index in [-0.39, 0.29) is 12.2 Å². The first kappa shape index (κ1) is 15.0. The number of aryl methyl sites for hydroxylation is 1. The van der Waals surface area contributed by atoms with Gasteiger partial charge in [-0.25, -0.2) is 13.6 Å². The van der Waals surface area contributed by atoms with E-state index < -0.39 is 17.6 Å². The van der Waals surface area contributed by atoms with Crippen LogP contribution in [0.25, 0.3) is 0 Å². The number of esters is 1. The maximum Gasteiger partial charge on any atom is 0.340 e. The van der Waals surface area contributed by atoms with Crippen LogP contribution in [-0.4, -0.2) is 13.1 Å². The summed E-state index contributed by atoms with van der Waals surface area (Å²) in [6, 6.07) is 8.30. The van der Waals surface area contributed by atoms with Crippen molar-refractivity contribution in [2.45, 2.75) is 13.5 Å². The lowest BCUT2D eigenvalue weighted by Crippen LogP contribution is -2.06. The fourth-order valence-electron chi connectivity index (χ4n) is 1.81. The van der Waals surface area contributed by atoms with Crippen LogP contribution in [0, 0.1) is 18.6 Å². The molecule has 0 bridgehead atoms. The van der Waals surface area contributed by atoms with Gasteiger partial charge < -0.3 is 9.47 Å². The second kappa shape index (κ2) is 6.35. The van der Waals surface area contributed by atoms with Crippen LogP contribution in [0.4, 0.5) is 8.78 Å². The molecule has 0 atom stereocenters. The number of rotatable bonds is 4. The van der Waals surface area contributed by atoms with Crippen LogP contribution >= 0.6 is 0 Å². The van der Waals surface area contributed by atoms with E-state index in [1.54, 1.807) is 19.1 Å². The number of carbonyl (C=O) groups is 1. The molecule has 0 heterocycles. The van der Waals surface area contributed by atoms with E-state index in [0.717, 1.165) is 5.56 Å². The van der Waals surface area contributed by atoms with Crippen molar-refractivity contribution in [3.8, 4) is 5.75 Å². The number of methoxy groups -OCH3 is 1. The minimum absolute atomic E-state index is 0.0721. The highest BCUT2D eigenvalue weighted by Gasteiger charge is 2.12. The zero-order chi connectivity index (χ0) is 15.4.